The third kappa shape index (κ3) is 2.16. The van der Waals surface area contributed by atoms with Gasteiger partial charge in [0.1, 0.15) is 0 Å². The first-order valence-corrected chi connectivity index (χ1v) is 5.68. The molecule has 0 aromatic rings. The maximum atomic E-state index is 10.7. The lowest BCUT2D eigenvalue weighted by atomic mass is 10.0. The van der Waals surface area contributed by atoms with Crippen LogP contribution in [0.2, 0.25) is 0 Å². The molecule has 4 nitrogen and oxygen atoms in total. The topological polar surface area (TPSA) is 49.8 Å². The van der Waals surface area contributed by atoms with Crippen LogP contribution in [0.4, 0.5) is 0 Å². The quantitative estimate of drug-likeness (QED) is 0.762. The zero-order valence-electron chi connectivity index (χ0n) is 9.35. The lowest BCUT2D eigenvalue weighted by Gasteiger charge is -2.36. The van der Waals surface area contributed by atoms with Crippen molar-refractivity contribution in [1.82, 2.24) is 4.90 Å². The number of fused-ring (bicyclic) bond motifs is 2. The van der Waals surface area contributed by atoms with Gasteiger partial charge < -0.3 is 14.7 Å². The van der Waals surface area contributed by atoms with E-state index < -0.39 is 12.1 Å². The van der Waals surface area contributed by atoms with Crippen LogP contribution in [0.1, 0.15) is 32.6 Å². The van der Waals surface area contributed by atoms with E-state index in [0.29, 0.717) is 12.1 Å². The summed E-state index contributed by atoms with van der Waals surface area (Å²) >= 11 is 0. The predicted octanol–water partition coefficient (Wildman–Crippen LogP) is 1.10. The SMILES string of the molecule is CC(OC1CC2CCC(C1)N2C)C(=O)O. The Kier molecular flexibility index (Phi) is 2.98. The molecule has 86 valence electrons. The Labute approximate surface area is 90.2 Å². The van der Waals surface area contributed by atoms with Gasteiger partial charge in [0.25, 0.3) is 0 Å². The van der Waals surface area contributed by atoms with Gasteiger partial charge in [0, 0.05) is 12.1 Å². The van der Waals surface area contributed by atoms with Gasteiger partial charge in [-0.25, -0.2) is 4.79 Å². The normalized spacial score (nSPS) is 37.9. The van der Waals surface area contributed by atoms with Crippen molar-refractivity contribution in [1.29, 1.82) is 0 Å². The van der Waals surface area contributed by atoms with Crippen molar-refractivity contribution in [2.75, 3.05) is 7.05 Å². The number of hydrogen-bond acceptors (Lipinski definition) is 3. The molecular weight excluding hydrogens is 194 g/mol. The highest BCUT2D eigenvalue weighted by Crippen LogP contribution is 2.35. The van der Waals surface area contributed by atoms with E-state index in [1.165, 1.54) is 12.8 Å². The number of ether oxygens (including phenoxy) is 1. The fraction of sp³-hybridized carbons (Fsp3) is 0.909. The molecule has 2 aliphatic rings. The summed E-state index contributed by atoms with van der Waals surface area (Å²) in [6, 6.07) is 1.21. The second-order valence-corrected chi connectivity index (χ2v) is 4.76. The molecule has 0 radical (unpaired) electrons. The molecule has 0 spiro atoms. The summed E-state index contributed by atoms with van der Waals surface area (Å²) < 4.78 is 5.56. The van der Waals surface area contributed by atoms with Crippen molar-refractivity contribution in [2.45, 2.75) is 56.9 Å². The summed E-state index contributed by atoms with van der Waals surface area (Å²) in [4.78, 5) is 13.1. The molecule has 0 amide bonds. The van der Waals surface area contributed by atoms with Gasteiger partial charge in [-0.3, -0.25) is 0 Å². The van der Waals surface area contributed by atoms with E-state index >= 15 is 0 Å². The van der Waals surface area contributed by atoms with Crippen LogP contribution in [-0.2, 0) is 9.53 Å². The fourth-order valence-corrected chi connectivity index (χ4v) is 2.82. The van der Waals surface area contributed by atoms with Gasteiger partial charge in [-0.15, -0.1) is 0 Å². The molecule has 2 rings (SSSR count). The molecule has 15 heavy (non-hydrogen) atoms. The Morgan fingerprint density at radius 3 is 2.40 bits per heavy atom. The Balaban J connectivity index is 1.89. The smallest absolute Gasteiger partial charge is 0.332 e. The van der Waals surface area contributed by atoms with Gasteiger partial charge in [0.2, 0.25) is 0 Å². The number of hydrogen-bond donors (Lipinski definition) is 1. The lowest BCUT2D eigenvalue weighted by Crippen LogP contribution is -2.44. The number of carboxylic acid groups (broad SMARTS) is 1. The van der Waals surface area contributed by atoms with E-state index in [4.69, 9.17) is 9.84 Å². The average Bonchev–Trinajstić information content (AvgIpc) is 2.41. The van der Waals surface area contributed by atoms with E-state index in [0.717, 1.165) is 12.8 Å². The van der Waals surface area contributed by atoms with Crippen molar-refractivity contribution in [3.8, 4) is 0 Å². The van der Waals surface area contributed by atoms with Gasteiger partial charge in [-0.1, -0.05) is 0 Å². The van der Waals surface area contributed by atoms with E-state index in [-0.39, 0.29) is 6.10 Å². The largest absolute Gasteiger partial charge is 0.479 e. The molecule has 2 bridgehead atoms. The number of rotatable bonds is 3. The number of aliphatic carboxylic acids is 1. The number of piperidine rings is 1. The van der Waals surface area contributed by atoms with Crippen molar-refractivity contribution in [3.05, 3.63) is 0 Å². The molecule has 2 fully saturated rings. The Morgan fingerprint density at radius 1 is 1.40 bits per heavy atom. The zero-order chi connectivity index (χ0) is 11.0. The monoisotopic (exact) mass is 213 g/mol. The van der Waals surface area contributed by atoms with E-state index in [2.05, 4.69) is 11.9 Å². The first-order chi connectivity index (χ1) is 7.08. The maximum absolute atomic E-state index is 10.7. The minimum absolute atomic E-state index is 0.143. The summed E-state index contributed by atoms with van der Waals surface area (Å²) in [7, 11) is 2.17. The van der Waals surface area contributed by atoms with Crippen LogP contribution >= 0.6 is 0 Å². The van der Waals surface area contributed by atoms with E-state index in [1.807, 2.05) is 0 Å². The van der Waals surface area contributed by atoms with E-state index in [1.54, 1.807) is 6.92 Å². The number of carbonyl (C=O) groups is 1. The highest BCUT2D eigenvalue weighted by molar-refractivity contribution is 5.71. The van der Waals surface area contributed by atoms with Crippen LogP contribution in [0, 0.1) is 0 Å². The molecule has 3 atom stereocenters. The molecule has 2 saturated heterocycles. The summed E-state index contributed by atoms with van der Waals surface area (Å²) in [5.74, 6) is -0.860. The van der Waals surface area contributed by atoms with E-state index in [9.17, 15) is 4.79 Å². The van der Waals surface area contributed by atoms with Crippen LogP contribution in [-0.4, -0.2) is 47.3 Å². The molecule has 0 saturated carbocycles. The predicted molar refractivity (Wildman–Crippen MR) is 55.8 cm³/mol. The standard InChI is InChI=1S/C11H19NO3/c1-7(11(13)14)15-10-5-8-3-4-9(6-10)12(8)2/h7-10H,3-6H2,1-2H3,(H,13,14). The van der Waals surface area contributed by atoms with Gasteiger partial charge in [-0.2, -0.15) is 0 Å². The molecular formula is C11H19NO3. The van der Waals surface area contributed by atoms with Crippen LogP contribution in [0.15, 0.2) is 0 Å². The van der Waals surface area contributed by atoms with Crippen LogP contribution < -0.4 is 0 Å². The van der Waals surface area contributed by atoms with Crippen LogP contribution in [0.3, 0.4) is 0 Å². The average molecular weight is 213 g/mol. The van der Waals surface area contributed by atoms with Crippen molar-refractivity contribution in [2.24, 2.45) is 0 Å². The van der Waals surface area contributed by atoms with Crippen molar-refractivity contribution in [3.63, 3.8) is 0 Å². The maximum Gasteiger partial charge on any atom is 0.332 e. The minimum Gasteiger partial charge on any atom is -0.479 e. The summed E-state index contributed by atoms with van der Waals surface area (Å²) in [5, 5.41) is 8.78. The molecule has 4 heteroatoms. The highest BCUT2D eigenvalue weighted by Gasteiger charge is 2.39. The van der Waals surface area contributed by atoms with Crippen LogP contribution in [0.5, 0.6) is 0 Å². The third-order valence-corrected chi connectivity index (χ3v) is 3.80. The number of carboxylic acids is 1. The zero-order valence-corrected chi connectivity index (χ0v) is 9.35. The van der Waals surface area contributed by atoms with Crippen molar-refractivity contribution < 1.29 is 14.6 Å². The molecule has 3 unspecified atom stereocenters. The molecule has 2 heterocycles. The second kappa shape index (κ2) is 4.10. The van der Waals surface area contributed by atoms with Crippen molar-refractivity contribution >= 4 is 5.97 Å². The first kappa shape index (κ1) is 10.9. The summed E-state index contributed by atoms with van der Waals surface area (Å²) in [6.07, 6.45) is 3.93. The lowest BCUT2D eigenvalue weighted by molar-refractivity contribution is -0.155. The summed E-state index contributed by atoms with van der Waals surface area (Å²) in [6.45, 7) is 1.61. The molecule has 0 aliphatic carbocycles. The highest BCUT2D eigenvalue weighted by atomic mass is 16.5. The van der Waals surface area contributed by atoms with Gasteiger partial charge in [0.05, 0.1) is 6.10 Å². The van der Waals surface area contributed by atoms with Gasteiger partial charge in [-0.05, 0) is 39.7 Å². The molecule has 0 aromatic heterocycles. The minimum atomic E-state index is -0.860. The summed E-state index contributed by atoms with van der Waals surface area (Å²) in [5.41, 5.74) is 0. The Morgan fingerprint density at radius 2 is 1.93 bits per heavy atom. The molecule has 1 N–H and O–H groups in total. The molecule has 0 aromatic carbocycles. The number of nitrogens with zero attached hydrogens (tertiary/aromatic N) is 1. The first-order valence-electron chi connectivity index (χ1n) is 5.68. The molecule has 2 aliphatic heterocycles. The van der Waals surface area contributed by atoms with Gasteiger partial charge in [0.15, 0.2) is 6.10 Å². The van der Waals surface area contributed by atoms with Gasteiger partial charge >= 0.3 is 5.97 Å². The third-order valence-electron chi connectivity index (χ3n) is 3.80. The Hall–Kier alpha value is -0.610. The second-order valence-electron chi connectivity index (χ2n) is 4.76. The van der Waals surface area contributed by atoms with Crippen LogP contribution in [0.25, 0.3) is 0 Å². The fourth-order valence-electron chi connectivity index (χ4n) is 2.82. The Bertz CT molecular complexity index is 242.